The Morgan fingerprint density at radius 1 is 1.32 bits per heavy atom. The van der Waals surface area contributed by atoms with Gasteiger partial charge in [0.2, 0.25) is 0 Å². The Kier molecular flexibility index (Phi) is 2.69. The number of carbonyl (C=O) groups is 2. The van der Waals surface area contributed by atoms with Gasteiger partial charge in [-0.05, 0) is 43.0 Å². The van der Waals surface area contributed by atoms with Gasteiger partial charge in [0.1, 0.15) is 11.3 Å². The second-order valence-electron chi connectivity index (χ2n) is 5.12. The van der Waals surface area contributed by atoms with E-state index >= 15 is 0 Å². The molecule has 1 aromatic carbocycles. The van der Waals surface area contributed by atoms with Gasteiger partial charge in [-0.1, -0.05) is 0 Å². The normalized spacial score (nSPS) is 18.9. The van der Waals surface area contributed by atoms with Crippen molar-refractivity contribution in [2.24, 2.45) is 0 Å². The average molecular weight is 261 g/mol. The van der Waals surface area contributed by atoms with Crippen molar-refractivity contribution in [3.63, 3.8) is 0 Å². The number of fused-ring (bicyclic) bond motifs is 1. The van der Waals surface area contributed by atoms with Gasteiger partial charge in [0.05, 0.1) is 6.61 Å². The molecule has 1 heterocycles. The van der Waals surface area contributed by atoms with Crippen LogP contribution in [0.1, 0.15) is 35.2 Å². The van der Waals surface area contributed by atoms with Crippen LogP contribution in [0.2, 0.25) is 0 Å². The first-order chi connectivity index (χ1) is 9.11. The van der Waals surface area contributed by atoms with Crippen molar-refractivity contribution in [1.29, 1.82) is 0 Å². The third kappa shape index (κ3) is 1.95. The summed E-state index contributed by atoms with van der Waals surface area (Å²) < 4.78 is 5.38. The van der Waals surface area contributed by atoms with Gasteiger partial charge in [0, 0.05) is 12.0 Å². The minimum absolute atomic E-state index is 0.322. The van der Waals surface area contributed by atoms with Crippen molar-refractivity contribution in [3.8, 4) is 5.75 Å². The standard InChI is InChI=1S/C14H15NO4/c16-12(15-14(13(17)18)5-1-6-14)10-2-3-11-9(8-10)4-7-19-11/h2-3,8H,1,4-7H2,(H,15,16)(H,17,18). The lowest BCUT2D eigenvalue weighted by molar-refractivity contribution is -0.148. The van der Waals surface area contributed by atoms with E-state index in [2.05, 4.69) is 5.32 Å². The third-order valence-electron chi connectivity index (χ3n) is 3.92. The fourth-order valence-corrected chi connectivity index (χ4v) is 2.54. The average Bonchev–Trinajstić information content (AvgIpc) is 2.79. The molecule has 1 aliphatic heterocycles. The van der Waals surface area contributed by atoms with Crippen molar-refractivity contribution in [2.75, 3.05) is 6.61 Å². The van der Waals surface area contributed by atoms with E-state index in [1.54, 1.807) is 18.2 Å². The van der Waals surface area contributed by atoms with Crippen molar-refractivity contribution >= 4 is 11.9 Å². The monoisotopic (exact) mass is 261 g/mol. The summed E-state index contributed by atoms with van der Waals surface area (Å²) in [5.41, 5.74) is 0.439. The van der Waals surface area contributed by atoms with Gasteiger partial charge < -0.3 is 15.2 Å². The van der Waals surface area contributed by atoms with Gasteiger partial charge >= 0.3 is 5.97 Å². The molecule has 0 saturated heterocycles. The highest BCUT2D eigenvalue weighted by atomic mass is 16.5. The van der Waals surface area contributed by atoms with Gasteiger partial charge in [0.15, 0.2) is 0 Å². The predicted molar refractivity (Wildman–Crippen MR) is 67.3 cm³/mol. The first-order valence-corrected chi connectivity index (χ1v) is 6.42. The Morgan fingerprint density at radius 2 is 2.11 bits per heavy atom. The van der Waals surface area contributed by atoms with E-state index in [9.17, 15) is 14.7 Å². The topological polar surface area (TPSA) is 75.6 Å². The molecule has 0 bridgehead atoms. The van der Waals surface area contributed by atoms with Crippen LogP contribution in [0.15, 0.2) is 18.2 Å². The molecule has 1 amide bonds. The highest BCUT2D eigenvalue weighted by Gasteiger charge is 2.45. The third-order valence-corrected chi connectivity index (χ3v) is 3.92. The summed E-state index contributed by atoms with van der Waals surface area (Å²) in [6, 6.07) is 5.23. The zero-order chi connectivity index (χ0) is 13.5. The van der Waals surface area contributed by atoms with E-state index < -0.39 is 11.5 Å². The molecular formula is C14H15NO4. The first-order valence-electron chi connectivity index (χ1n) is 6.42. The quantitative estimate of drug-likeness (QED) is 0.861. The van der Waals surface area contributed by atoms with Gasteiger partial charge in [-0.15, -0.1) is 0 Å². The van der Waals surface area contributed by atoms with Crippen molar-refractivity contribution < 1.29 is 19.4 Å². The molecule has 3 rings (SSSR count). The Hall–Kier alpha value is -2.04. The lowest BCUT2D eigenvalue weighted by Crippen LogP contribution is -2.59. The molecule has 1 aromatic rings. The molecule has 0 aromatic heterocycles. The molecule has 100 valence electrons. The van der Waals surface area contributed by atoms with E-state index in [-0.39, 0.29) is 5.91 Å². The van der Waals surface area contributed by atoms with Gasteiger partial charge in [-0.25, -0.2) is 4.79 Å². The highest BCUT2D eigenvalue weighted by molar-refractivity contribution is 5.98. The van der Waals surface area contributed by atoms with E-state index in [1.165, 1.54) is 0 Å². The number of nitrogens with one attached hydrogen (secondary N) is 1. The molecule has 0 spiro atoms. The van der Waals surface area contributed by atoms with Crippen molar-refractivity contribution in [2.45, 2.75) is 31.2 Å². The molecule has 0 atom stereocenters. The molecular weight excluding hydrogens is 246 g/mol. The molecule has 0 radical (unpaired) electrons. The predicted octanol–water partition coefficient (Wildman–Crippen LogP) is 1.36. The molecule has 5 nitrogen and oxygen atoms in total. The van der Waals surface area contributed by atoms with Crippen LogP contribution in [0.3, 0.4) is 0 Å². The van der Waals surface area contributed by atoms with Crippen LogP contribution in [-0.4, -0.2) is 29.1 Å². The lowest BCUT2D eigenvalue weighted by Gasteiger charge is -2.38. The summed E-state index contributed by atoms with van der Waals surface area (Å²) in [5, 5.41) is 11.9. The zero-order valence-electron chi connectivity index (χ0n) is 10.4. The number of aliphatic carboxylic acids is 1. The number of ether oxygens (including phenoxy) is 1. The zero-order valence-corrected chi connectivity index (χ0v) is 10.4. The van der Waals surface area contributed by atoms with Gasteiger partial charge in [-0.2, -0.15) is 0 Å². The summed E-state index contributed by atoms with van der Waals surface area (Å²) in [5.74, 6) is -0.457. The summed E-state index contributed by atoms with van der Waals surface area (Å²) in [6.45, 7) is 0.638. The SMILES string of the molecule is O=C(NC1(C(=O)O)CCC1)c1ccc2c(c1)CCO2. The number of carboxylic acids is 1. The molecule has 2 N–H and O–H groups in total. The summed E-state index contributed by atoms with van der Waals surface area (Å²) >= 11 is 0. The van der Waals surface area contributed by atoms with Crippen LogP contribution < -0.4 is 10.1 Å². The second kappa shape index (κ2) is 4.26. The minimum Gasteiger partial charge on any atom is -0.493 e. The summed E-state index contributed by atoms with van der Waals surface area (Å²) in [4.78, 5) is 23.4. The van der Waals surface area contributed by atoms with Crippen LogP contribution >= 0.6 is 0 Å². The van der Waals surface area contributed by atoms with E-state index in [0.717, 1.165) is 24.2 Å². The minimum atomic E-state index is -1.06. The Labute approximate surface area is 110 Å². The van der Waals surface area contributed by atoms with Crippen LogP contribution in [0.5, 0.6) is 5.75 Å². The van der Waals surface area contributed by atoms with E-state index in [1.807, 2.05) is 0 Å². The maximum absolute atomic E-state index is 12.1. The van der Waals surface area contributed by atoms with Gasteiger partial charge in [0.25, 0.3) is 5.91 Å². The summed E-state index contributed by atoms with van der Waals surface area (Å²) in [6.07, 6.45) is 2.63. The second-order valence-corrected chi connectivity index (χ2v) is 5.12. The highest BCUT2D eigenvalue weighted by Crippen LogP contribution is 2.33. The fraction of sp³-hybridized carbons (Fsp3) is 0.429. The van der Waals surface area contributed by atoms with Crippen LogP contribution in [-0.2, 0) is 11.2 Å². The lowest BCUT2D eigenvalue weighted by atomic mass is 9.76. The van der Waals surface area contributed by atoms with Crippen LogP contribution in [0.4, 0.5) is 0 Å². The smallest absolute Gasteiger partial charge is 0.329 e. The largest absolute Gasteiger partial charge is 0.493 e. The number of hydrogen-bond acceptors (Lipinski definition) is 3. The number of rotatable bonds is 3. The van der Waals surface area contributed by atoms with Crippen molar-refractivity contribution in [3.05, 3.63) is 29.3 Å². The maximum Gasteiger partial charge on any atom is 0.329 e. The Balaban J connectivity index is 1.79. The first kappa shape index (κ1) is 12.0. The molecule has 2 aliphatic rings. The van der Waals surface area contributed by atoms with E-state index in [0.29, 0.717) is 25.0 Å². The number of benzene rings is 1. The summed E-state index contributed by atoms with van der Waals surface area (Å²) in [7, 11) is 0. The molecule has 19 heavy (non-hydrogen) atoms. The van der Waals surface area contributed by atoms with E-state index in [4.69, 9.17) is 4.74 Å². The number of hydrogen-bond donors (Lipinski definition) is 2. The molecule has 1 saturated carbocycles. The molecule has 1 fully saturated rings. The fourth-order valence-electron chi connectivity index (χ4n) is 2.54. The van der Waals surface area contributed by atoms with Crippen molar-refractivity contribution in [1.82, 2.24) is 5.32 Å². The molecule has 0 unspecified atom stereocenters. The Bertz CT molecular complexity index is 548. The number of carbonyl (C=O) groups excluding carboxylic acids is 1. The maximum atomic E-state index is 12.1. The van der Waals surface area contributed by atoms with Crippen LogP contribution in [0, 0.1) is 0 Å². The molecule has 1 aliphatic carbocycles. The Morgan fingerprint density at radius 3 is 2.74 bits per heavy atom. The molecule has 5 heteroatoms. The number of amides is 1. The number of carboxylic acid groups (broad SMARTS) is 1. The van der Waals surface area contributed by atoms with Crippen LogP contribution in [0.25, 0.3) is 0 Å². The van der Waals surface area contributed by atoms with Gasteiger partial charge in [-0.3, -0.25) is 4.79 Å².